The van der Waals surface area contributed by atoms with Gasteiger partial charge in [0.25, 0.3) is 5.91 Å². The van der Waals surface area contributed by atoms with Crippen LogP contribution in [0.1, 0.15) is 0 Å². The highest BCUT2D eigenvalue weighted by molar-refractivity contribution is 5.79. The summed E-state index contributed by atoms with van der Waals surface area (Å²) < 4.78 is 14.9. The number of methoxy groups -OCH3 is 2. The number of nitrogens with one attached hydrogen (secondary N) is 1. The van der Waals surface area contributed by atoms with Crippen LogP contribution in [0.15, 0.2) is 24.3 Å². The molecule has 0 fully saturated rings. The molecule has 0 aliphatic rings. The van der Waals surface area contributed by atoms with E-state index in [4.69, 9.17) is 14.6 Å². The maximum Gasteiger partial charge on any atom is 0.334 e. The largest absolute Gasteiger partial charge is 0.497 e. The van der Waals surface area contributed by atoms with Crippen molar-refractivity contribution in [1.82, 2.24) is 5.32 Å². The number of ether oxygens (including phenoxy) is 3. The van der Waals surface area contributed by atoms with Gasteiger partial charge in [-0.05, 0) is 24.3 Å². The summed E-state index contributed by atoms with van der Waals surface area (Å²) in [5, 5.41) is 11.1. The van der Waals surface area contributed by atoms with E-state index in [1.54, 1.807) is 31.4 Å². The SMILES string of the molecule is COc1ccc(OCC(=O)NCC(OC)C(=O)O)cc1. The zero-order chi connectivity index (χ0) is 15.0. The third kappa shape index (κ3) is 5.15. The maximum absolute atomic E-state index is 11.5. The minimum absolute atomic E-state index is 0.114. The average Bonchev–Trinajstić information content (AvgIpc) is 2.46. The molecule has 0 aliphatic heterocycles. The lowest BCUT2D eigenvalue weighted by molar-refractivity contribution is -0.148. The molecule has 0 aliphatic carbocycles. The van der Waals surface area contributed by atoms with Crippen molar-refractivity contribution in [3.8, 4) is 11.5 Å². The van der Waals surface area contributed by atoms with Crippen LogP contribution in [0.5, 0.6) is 11.5 Å². The number of carbonyl (C=O) groups excluding carboxylic acids is 1. The molecule has 2 N–H and O–H groups in total. The highest BCUT2D eigenvalue weighted by Crippen LogP contribution is 2.16. The van der Waals surface area contributed by atoms with Crippen LogP contribution < -0.4 is 14.8 Å². The van der Waals surface area contributed by atoms with Crippen LogP contribution in [-0.4, -0.2) is 50.5 Å². The van der Waals surface area contributed by atoms with Crippen LogP contribution in [0.4, 0.5) is 0 Å². The van der Waals surface area contributed by atoms with Crippen molar-refractivity contribution < 1.29 is 28.9 Å². The van der Waals surface area contributed by atoms with E-state index in [9.17, 15) is 9.59 Å². The first-order chi connectivity index (χ1) is 9.56. The summed E-state index contributed by atoms with van der Waals surface area (Å²) >= 11 is 0. The predicted molar refractivity (Wildman–Crippen MR) is 69.9 cm³/mol. The summed E-state index contributed by atoms with van der Waals surface area (Å²) in [6.07, 6.45) is -1.07. The molecule has 1 amide bonds. The molecular formula is C13H17NO6. The molecule has 110 valence electrons. The minimum atomic E-state index is -1.14. The second kappa shape index (κ2) is 8.00. The van der Waals surface area contributed by atoms with Gasteiger partial charge in [0.05, 0.1) is 13.7 Å². The fourth-order valence-corrected chi connectivity index (χ4v) is 1.35. The second-order valence-electron chi connectivity index (χ2n) is 3.83. The van der Waals surface area contributed by atoms with E-state index in [0.29, 0.717) is 11.5 Å². The molecule has 1 aromatic carbocycles. The van der Waals surface area contributed by atoms with Crippen molar-refractivity contribution in [3.63, 3.8) is 0 Å². The summed E-state index contributed by atoms with van der Waals surface area (Å²) in [7, 11) is 2.82. The van der Waals surface area contributed by atoms with Gasteiger partial charge in [0.2, 0.25) is 0 Å². The van der Waals surface area contributed by atoms with Crippen molar-refractivity contribution in [2.45, 2.75) is 6.10 Å². The van der Waals surface area contributed by atoms with Gasteiger partial charge >= 0.3 is 5.97 Å². The molecule has 0 saturated heterocycles. The van der Waals surface area contributed by atoms with Gasteiger partial charge in [-0.15, -0.1) is 0 Å². The van der Waals surface area contributed by atoms with Gasteiger partial charge in [0.15, 0.2) is 12.7 Å². The number of hydrogen-bond donors (Lipinski definition) is 2. The highest BCUT2D eigenvalue weighted by atomic mass is 16.5. The van der Waals surface area contributed by atoms with Crippen molar-refractivity contribution in [2.75, 3.05) is 27.4 Å². The summed E-state index contributed by atoms with van der Waals surface area (Å²) in [6.45, 7) is -0.320. The molecular weight excluding hydrogens is 266 g/mol. The zero-order valence-electron chi connectivity index (χ0n) is 11.3. The molecule has 1 atom stereocenters. The van der Waals surface area contributed by atoms with Crippen LogP contribution in [0, 0.1) is 0 Å². The summed E-state index contributed by atoms with van der Waals surface area (Å²) in [5.41, 5.74) is 0. The van der Waals surface area contributed by atoms with E-state index >= 15 is 0 Å². The monoisotopic (exact) mass is 283 g/mol. The quantitative estimate of drug-likeness (QED) is 0.712. The lowest BCUT2D eigenvalue weighted by Crippen LogP contribution is -2.39. The Morgan fingerprint density at radius 3 is 2.30 bits per heavy atom. The van der Waals surface area contributed by atoms with Crippen LogP contribution in [0.3, 0.4) is 0 Å². The van der Waals surface area contributed by atoms with Gasteiger partial charge in [-0.3, -0.25) is 4.79 Å². The van der Waals surface area contributed by atoms with Crippen LogP contribution in [0.25, 0.3) is 0 Å². The number of amides is 1. The molecule has 7 heteroatoms. The van der Waals surface area contributed by atoms with Crippen molar-refractivity contribution in [2.24, 2.45) is 0 Å². The van der Waals surface area contributed by atoms with Crippen LogP contribution in [-0.2, 0) is 14.3 Å². The molecule has 7 nitrogen and oxygen atoms in total. The number of hydrogen-bond acceptors (Lipinski definition) is 5. The van der Waals surface area contributed by atoms with E-state index in [1.165, 1.54) is 7.11 Å². The standard InChI is InChI=1S/C13H17NO6/c1-18-9-3-5-10(6-4-9)20-8-12(15)14-7-11(19-2)13(16)17/h3-6,11H,7-8H2,1-2H3,(H,14,15)(H,16,17). The number of carboxylic acids is 1. The van der Waals surface area contributed by atoms with E-state index in [1.807, 2.05) is 0 Å². The molecule has 1 unspecified atom stereocenters. The first-order valence-corrected chi connectivity index (χ1v) is 5.86. The smallest absolute Gasteiger partial charge is 0.334 e. The van der Waals surface area contributed by atoms with Crippen molar-refractivity contribution in [1.29, 1.82) is 0 Å². The molecule has 0 bridgehead atoms. The Balaban J connectivity index is 2.33. The maximum atomic E-state index is 11.5. The number of benzene rings is 1. The Morgan fingerprint density at radius 1 is 1.20 bits per heavy atom. The Bertz CT molecular complexity index is 445. The molecule has 0 saturated carbocycles. The predicted octanol–water partition coefficient (Wildman–Crippen LogP) is 0.290. The Morgan fingerprint density at radius 2 is 1.80 bits per heavy atom. The van der Waals surface area contributed by atoms with Gasteiger partial charge < -0.3 is 24.6 Å². The number of rotatable bonds is 8. The van der Waals surface area contributed by atoms with E-state index < -0.39 is 18.0 Å². The van der Waals surface area contributed by atoms with E-state index in [2.05, 4.69) is 10.1 Å². The molecule has 1 aromatic rings. The molecule has 20 heavy (non-hydrogen) atoms. The topological polar surface area (TPSA) is 94.1 Å². The third-order valence-electron chi connectivity index (χ3n) is 2.47. The lowest BCUT2D eigenvalue weighted by atomic mass is 10.3. The highest BCUT2D eigenvalue weighted by Gasteiger charge is 2.17. The zero-order valence-corrected chi connectivity index (χ0v) is 11.3. The average molecular weight is 283 g/mol. The first kappa shape index (κ1) is 15.8. The Hall–Kier alpha value is -2.28. The minimum Gasteiger partial charge on any atom is -0.497 e. The normalized spacial score (nSPS) is 11.5. The molecule has 0 aromatic heterocycles. The molecule has 0 heterocycles. The summed E-state index contributed by atoms with van der Waals surface area (Å²) in [5.74, 6) is -0.360. The fraction of sp³-hybridized carbons (Fsp3) is 0.385. The van der Waals surface area contributed by atoms with Crippen LogP contribution >= 0.6 is 0 Å². The number of carbonyl (C=O) groups is 2. The van der Waals surface area contributed by atoms with Crippen molar-refractivity contribution in [3.05, 3.63) is 24.3 Å². The number of carboxylic acid groups (broad SMARTS) is 1. The fourth-order valence-electron chi connectivity index (χ4n) is 1.35. The lowest BCUT2D eigenvalue weighted by Gasteiger charge is -2.12. The van der Waals surface area contributed by atoms with Gasteiger partial charge in [-0.2, -0.15) is 0 Å². The third-order valence-corrected chi connectivity index (χ3v) is 2.47. The van der Waals surface area contributed by atoms with Crippen molar-refractivity contribution >= 4 is 11.9 Å². The Kier molecular flexibility index (Phi) is 6.31. The molecule has 0 radical (unpaired) electrons. The summed E-state index contributed by atoms with van der Waals surface area (Å²) in [4.78, 5) is 22.1. The molecule has 1 rings (SSSR count). The Labute approximate surface area is 116 Å². The first-order valence-electron chi connectivity index (χ1n) is 5.86. The van der Waals surface area contributed by atoms with Crippen LogP contribution in [0.2, 0.25) is 0 Å². The van der Waals surface area contributed by atoms with Gasteiger partial charge in [-0.1, -0.05) is 0 Å². The second-order valence-corrected chi connectivity index (χ2v) is 3.83. The number of aliphatic carboxylic acids is 1. The van der Waals surface area contributed by atoms with Gasteiger partial charge in [0.1, 0.15) is 11.5 Å². The van der Waals surface area contributed by atoms with Gasteiger partial charge in [0, 0.05) is 7.11 Å². The summed E-state index contributed by atoms with van der Waals surface area (Å²) in [6, 6.07) is 6.75. The van der Waals surface area contributed by atoms with E-state index in [0.717, 1.165) is 0 Å². The van der Waals surface area contributed by atoms with E-state index in [-0.39, 0.29) is 13.2 Å². The molecule has 0 spiro atoms. The van der Waals surface area contributed by atoms with Gasteiger partial charge in [-0.25, -0.2) is 4.79 Å².